The number of ether oxygens (including phenoxy) is 1. The van der Waals surface area contributed by atoms with E-state index in [9.17, 15) is 0 Å². The van der Waals surface area contributed by atoms with Gasteiger partial charge in [-0.05, 0) is 45.1 Å². The lowest BCUT2D eigenvalue weighted by Gasteiger charge is -2.35. The predicted molar refractivity (Wildman–Crippen MR) is 83.0 cm³/mol. The van der Waals surface area contributed by atoms with Crippen LogP contribution in [-0.4, -0.2) is 37.7 Å². The van der Waals surface area contributed by atoms with Gasteiger partial charge in [-0.1, -0.05) is 23.2 Å². The Kier molecular flexibility index (Phi) is 4.41. The molecule has 20 heavy (non-hydrogen) atoms. The van der Waals surface area contributed by atoms with Crippen molar-refractivity contribution in [1.29, 1.82) is 0 Å². The summed E-state index contributed by atoms with van der Waals surface area (Å²) >= 11 is 12.4. The number of hydrogen-bond acceptors (Lipinski definition) is 3. The largest absolute Gasteiger partial charge is 0.492 e. The maximum atomic E-state index is 6.23. The van der Waals surface area contributed by atoms with Crippen molar-refractivity contribution in [3.05, 3.63) is 27.7 Å². The zero-order valence-electron chi connectivity index (χ0n) is 11.7. The zero-order chi connectivity index (χ0) is 14.1. The SMILES string of the molecule is CN1CCC(NC2CCOc3c(Cl)cc(Cl)cc32)CC1. The highest BCUT2D eigenvalue weighted by Gasteiger charge is 2.27. The molecule has 0 amide bonds. The molecule has 0 spiro atoms. The molecule has 1 unspecified atom stereocenters. The Morgan fingerprint density at radius 2 is 1.95 bits per heavy atom. The summed E-state index contributed by atoms with van der Waals surface area (Å²) in [6.45, 7) is 3.02. The quantitative estimate of drug-likeness (QED) is 0.904. The molecule has 1 saturated heterocycles. The van der Waals surface area contributed by atoms with E-state index in [1.807, 2.05) is 6.07 Å². The summed E-state index contributed by atoms with van der Waals surface area (Å²) in [5.41, 5.74) is 1.10. The van der Waals surface area contributed by atoms with E-state index in [0.717, 1.165) is 30.8 Å². The summed E-state index contributed by atoms with van der Waals surface area (Å²) in [5, 5.41) is 5.05. The zero-order valence-corrected chi connectivity index (χ0v) is 13.2. The minimum atomic E-state index is 0.295. The van der Waals surface area contributed by atoms with Gasteiger partial charge in [0.1, 0.15) is 5.75 Å². The molecule has 3 nitrogen and oxygen atoms in total. The number of halogens is 2. The lowest BCUT2D eigenvalue weighted by Crippen LogP contribution is -2.43. The maximum Gasteiger partial charge on any atom is 0.142 e. The fourth-order valence-corrected chi connectivity index (χ4v) is 3.62. The lowest BCUT2D eigenvalue weighted by molar-refractivity contribution is 0.200. The van der Waals surface area contributed by atoms with Crippen molar-refractivity contribution in [1.82, 2.24) is 10.2 Å². The molecule has 1 fully saturated rings. The second-order valence-electron chi connectivity index (χ2n) is 5.74. The third-order valence-electron chi connectivity index (χ3n) is 4.22. The first-order valence-electron chi connectivity index (χ1n) is 7.20. The maximum absolute atomic E-state index is 6.23. The summed E-state index contributed by atoms with van der Waals surface area (Å²) < 4.78 is 5.71. The molecule has 2 aliphatic rings. The highest BCUT2D eigenvalue weighted by atomic mass is 35.5. The molecule has 2 aliphatic heterocycles. The number of nitrogens with zero attached hydrogens (tertiary/aromatic N) is 1. The van der Waals surface area contributed by atoms with Crippen LogP contribution < -0.4 is 10.1 Å². The minimum absolute atomic E-state index is 0.295. The van der Waals surface area contributed by atoms with E-state index >= 15 is 0 Å². The molecule has 0 saturated carbocycles. The van der Waals surface area contributed by atoms with Gasteiger partial charge >= 0.3 is 0 Å². The molecule has 1 N–H and O–H groups in total. The fourth-order valence-electron chi connectivity index (χ4n) is 3.06. The Hall–Kier alpha value is -0.480. The Bertz CT molecular complexity index is 487. The van der Waals surface area contributed by atoms with Crippen LogP contribution in [0.3, 0.4) is 0 Å². The fraction of sp³-hybridized carbons (Fsp3) is 0.600. The van der Waals surface area contributed by atoms with Crippen molar-refractivity contribution in [2.45, 2.75) is 31.3 Å². The summed E-state index contributed by atoms with van der Waals surface area (Å²) in [7, 11) is 2.18. The van der Waals surface area contributed by atoms with Gasteiger partial charge in [-0.3, -0.25) is 0 Å². The topological polar surface area (TPSA) is 24.5 Å². The van der Waals surface area contributed by atoms with Crippen LogP contribution in [0.1, 0.15) is 30.9 Å². The molecule has 0 aromatic heterocycles. The molecule has 0 bridgehead atoms. The van der Waals surface area contributed by atoms with Crippen molar-refractivity contribution >= 4 is 23.2 Å². The minimum Gasteiger partial charge on any atom is -0.492 e. The molecule has 1 aromatic rings. The molecule has 1 atom stereocenters. The normalized spacial score (nSPS) is 24.2. The molecule has 2 heterocycles. The van der Waals surface area contributed by atoms with E-state index in [-0.39, 0.29) is 0 Å². The summed E-state index contributed by atoms with van der Waals surface area (Å²) in [6, 6.07) is 4.59. The Morgan fingerprint density at radius 3 is 2.70 bits per heavy atom. The molecule has 0 radical (unpaired) electrons. The van der Waals surface area contributed by atoms with Gasteiger partial charge in [-0.15, -0.1) is 0 Å². The standard InChI is InChI=1S/C15H20Cl2N2O/c1-19-5-2-11(3-6-19)18-14-4-7-20-15-12(14)8-10(16)9-13(15)17/h8-9,11,14,18H,2-7H2,1H3. The van der Waals surface area contributed by atoms with Crippen LogP contribution in [0, 0.1) is 0 Å². The monoisotopic (exact) mass is 314 g/mol. The second-order valence-corrected chi connectivity index (χ2v) is 6.58. The van der Waals surface area contributed by atoms with Crippen molar-refractivity contribution < 1.29 is 4.74 Å². The van der Waals surface area contributed by atoms with Gasteiger partial charge in [0.25, 0.3) is 0 Å². The van der Waals surface area contributed by atoms with Crippen LogP contribution in [-0.2, 0) is 0 Å². The van der Waals surface area contributed by atoms with Crippen LogP contribution in [0.5, 0.6) is 5.75 Å². The van der Waals surface area contributed by atoms with E-state index < -0.39 is 0 Å². The van der Waals surface area contributed by atoms with Crippen molar-refractivity contribution in [2.75, 3.05) is 26.7 Å². The molecule has 110 valence electrons. The average Bonchev–Trinajstić information content (AvgIpc) is 2.42. The van der Waals surface area contributed by atoms with Gasteiger partial charge in [0.15, 0.2) is 0 Å². The molecule has 5 heteroatoms. The van der Waals surface area contributed by atoms with Crippen molar-refractivity contribution in [2.24, 2.45) is 0 Å². The third-order valence-corrected chi connectivity index (χ3v) is 4.72. The van der Waals surface area contributed by atoms with E-state index in [1.54, 1.807) is 6.07 Å². The van der Waals surface area contributed by atoms with Gasteiger partial charge in [0.05, 0.1) is 11.6 Å². The van der Waals surface area contributed by atoms with Crippen LogP contribution in [0.15, 0.2) is 12.1 Å². The summed E-state index contributed by atoms with van der Waals surface area (Å²) in [5.74, 6) is 0.799. The first kappa shape index (κ1) is 14.5. The van der Waals surface area contributed by atoms with Gasteiger partial charge in [-0.2, -0.15) is 0 Å². The highest BCUT2D eigenvalue weighted by Crippen LogP contribution is 2.40. The first-order valence-corrected chi connectivity index (χ1v) is 7.95. The number of likely N-dealkylation sites (tertiary alicyclic amines) is 1. The highest BCUT2D eigenvalue weighted by molar-refractivity contribution is 6.35. The Balaban J connectivity index is 1.76. The number of benzene rings is 1. The number of fused-ring (bicyclic) bond motifs is 1. The Labute approximate surface area is 130 Å². The lowest BCUT2D eigenvalue weighted by atomic mass is 9.97. The van der Waals surface area contributed by atoms with Crippen molar-refractivity contribution in [3.8, 4) is 5.75 Å². The van der Waals surface area contributed by atoms with E-state index in [4.69, 9.17) is 27.9 Å². The number of rotatable bonds is 2. The van der Waals surface area contributed by atoms with E-state index in [1.165, 1.54) is 12.8 Å². The van der Waals surface area contributed by atoms with Gasteiger partial charge < -0.3 is 15.0 Å². The summed E-state index contributed by atoms with van der Waals surface area (Å²) in [6.07, 6.45) is 3.35. The number of nitrogens with one attached hydrogen (secondary N) is 1. The predicted octanol–water partition coefficient (Wildman–Crippen LogP) is 3.50. The first-order chi connectivity index (χ1) is 9.63. The van der Waals surface area contributed by atoms with Crippen LogP contribution in [0.4, 0.5) is 0 Å². The molecule has 1 aromatic carbocycles. The average molecular weight is 315 g/mol. The molecule has 3 rings (SSSR count). The van der Waals surface area contributed by atoms with E-state index in [2.05, 4.69) is 17.3 Å². The van der Waals surface area contributed by atoms with Crippen LogP contribution >= 0.6 is 23.2 Å². The third kappa shape index (κ3) is 3.06. The molecule has 0 aliphatic carbocycles. The van der Waals surface area contributed by atoms with Crippen LogP contribution in [0.25, 0.3) is 0 Å². The van der Waals surface area contributed by atoms with Crippen LogP contribution in [0.2, 0.25) is 10.0 Å². The van der Waals surface area contributed by atoms with E-state index in [0.29, 0.717) is 28.7 Å². The second kappa shape index (κ2) is 6.10. The smallest absolute Gasteiger partial charge is 0.142 e. The summed E-state index contributed by atoms with van der Waals surface area (Å²) in [4.78, 5) is 2.38. The van der Waals surface area contributed by atoms with Gasteiger partial charge in [0, 0.05) is 29.1 Å². The number of piperidine rings is 1. The van der Waals surface area contributed by atoms with Crippen molar-refractivity contribution in [3.63, 3.8) is 0 Å². The number of hydrogen-bond donors (Lipinski definition) is 1. The van der Waals surface area contributed by atoms with Gasteiger partial charge in [0.2, 0.25) is 0 Å². The molecular formula is C15H20Cl2N2O. The molecular weight excluding hydrogens is 295 g/mol. The van der Waals surface area contributed by atoms with Gasteiger partial charge in [-0.25, -0.2) is 0 Å². The Morgan fingerprint density at radius 1 is 1.20 bits per heavy atom.